The van der Waals surface area contributed by atoms with Crippen LogP contribution in [-0.4, -0.2) is 48.6 Å². The second-order valence-corrected chi connectivity index (χ2v) is 6.59. The van der Waals surface area contributed by atoms with Crippen LogP contribution in [0.2, 0.25) is 0 Å². The largest absolute Gasteiger partial charge is 0.344 e. The van der Waals surface area contributed by atoms with Gasteiger partial charge in [-0.2, -0.15) is 0 Å². The molecule has 0 amide bonds. The van der Waals surface area contributed by atoms with E-state index in [1.807, 2.05) is 6.20 Å². The van der Waals surface area contributed by atoms with E-state index in [9.17, 15) is 0 Å². The summed E-state index contributed by atoms with van der Waals surface area (Å²) in [6.45, 7) is 16.4. The topological polar surface area (TPSA) is 22.6 Å². The molecule has 4 heteroatoms. The van der Waals surface area contributed by atoms with Gasteiger partial charge in [0.2, 0.25) is 0 Å². The fourth-order valence-corrected chi connectivity index (χ4v) is 3.46. The van der Waals surface area contributed by atoms with Gasteiger partial charge in [0, 0.05) is 44.6 Å². The van der Waals surface area contributed by atoms with Crippen molar-refractivity contribution in [2.45, 2.75) is 39.8 Å². The Morgan fingerprint density at radius 1 is 1.29 bits per heavy atom. The summed E-state index contributed by atoms with van der Waals surface area (Å²) in [5.41, 5.74) is 4.97. The highest BCUT2D eigenvalue weighted by molar-refractivity contribution is 5.78. The number of nitrogens with zero attached hydrogens (tertiary/aromatic N) is 4. The number of anilines is 2. The second-order valence-electron chi connectivity index (χ2n) is 6.59. The molecule has 0 spiro atoms. The highest BCUT2D eigenvalue weighted by Gasteiger charge is 2.38. The molecule has 0 radical (unpaired) electrons. The molecule has 21 heavy (non-hydrogen) atoms. The Labute approximate surface area is 128 Å². The van der Waals surface area contributed by atoms with Crippen molar-refractivity contribution < 1.29 is 0 Å². The Hall–Kier alpha value is -1.55. The molecule has 1 aromatic rings. The molecule has 0 aliphatic carbocycles. The Morgan fingerprint density at radius 3 is 2.67 bits per heavy atom. The van der Waals surface area contributed by atoms with Crippen molar-refractivity contribution in [1.82, 2.24) is 9.88 Å². The first-order valence-electron chi connectivity index (χ1n) is 7.81. The third kappa shape index (κ3) is 2.13. The molecule has 3 rings (SSSR count). The molecule has 0 saturated carbocycles. The SMILES string of the molecule is C=C1[C@@H]2CN(C(C)C)CCN2c2ncc(C)c(C)c2N1C. The summed E-state index contributed by atoms with van der Waals surface area (Å²) in [7, 11) is 2.13. The Kier molecular flexibility index (Phi) is 3.44. The van der Waals surface area contributed by atoms with Gasteiger partial charge in [-0.05, 0) is 38.8 Å². The van der Waals surface area contributed by atoms with Crippen molar-refractivity contribution >= 4 is 11.5 Å². The number of pyridine rings is 1. The van der Waals surface area contributed by atoms with E-state index >= 15 is 0 Å². The average molecular weight is 286 g/mol. The van der Waals surface area contributed by atoms with Crippen LogP contribution in [0.25, 0.3) is 0 Å². The Bertz CT molecular complexity index is 578. The van der Waals surface area contributed by atoms with Crippen LogP contribution in [0.15, 0.2) is 18.5 Å². The molecular weight excluding hydrogens is 260 g/mol. The monoisotopic (exact) mass is 286 g/mol. The maximum atomic E-state index is 4.74. The van der Waals surface area contributed by atoms with E-state index in [1.54, 1.807) is 0 Å². The number of aromatic nitrogens is 1. The minimum atomic E-state index is 0.341. The normalized spacial score (nSPS) is 22.6. The molecule has 1 atom stereocenters. The standard InChI is InChI=1S/C17H26N4/c1-11(2)20-7-8-21-15(10-20)14(5)19(6)16-13(4)12(3)9-18-17(16)21/h9,11,15H,5,7-8,10H2,1-4,6H3/t15-/m0/s1. The van der Waals surface area contributed by atoms with Crippen molar-refractivity contribution in [3.05, 3.63) is 29.6 Å². The molecule has 0 aromatic carbocycles. The number of rotatable bonds is 1. The smallest absolute Gasteiger partial charge is 0.153 e. The van der Waals surface area contributed by atoms with Gasteiger partial charge in [-0.3, -0.25) is 4.90 Å². The second kappa shape index (κ2) is 5.02. The summed E-state index contributed by atoms with van der Waals surface area (Å²) in [4.78, 5) is 12.0. The van der Waals surface area contributed by atoms with E-state index in [1.165, 1.54) is 22.5 Å². The molecule has 1 fully saturated rings. The summed E-state index contributed by atoms with van der Waals surface area (Å²) < 4.78 is 0. The van der Waals surface area contributed by atoms with Crippen molar-refractivity contribution in [2.75, 3.05) is 36.5 Å². The quantitative estimate of drug-likeness (QED) is 0.791. The molecule has 4 nitrogen and oxygen atoms in total. The van der Waals surface area contributed by atoms with Crippen LogP contribution < -0.4 is 9.80 Å². The zero-order valence-electron chi connectivity index (χ0n) is 13.8. The van der Waals surface area contributed by atoms with Crippen molar-refractivity contribution in [3.63, 3.8) is 0 Å². The van der Waals surface area contributed by atoms with E-state index in [0.29, 0.717) is 12.1 Å². The third-order valence-electron chi connectivity index (χ3n) is 5.10. The molecule has 114 valence electrons. The van der Waals surface area contributed by atoms with Crippen LogP contribution >= 0.6 is 0 Å². The van der Waals surface area contributed by atoms with Crippen LogP contribution in [0.1, 0.15) is 25.0 Å². The lowest BCUT2D eigenvalue weighted by Gasteiger charge is -2.50. The highest BCUT2D eigenvalue weighted by atomic mass is 15.4. The van der Waals surface area contributed by atoms with Gasteiger partial charge in [-0.15, -0.1) is 0 Å². The third-order valence-corrected chi connectivity index (χ3v) is 5.10. The van der Waals surface area contributed by atoms with Crippen molar-refractivity contribution in [3.8, 4) is 0 Å². The van der Waals surface area contributed by atoms with Crippen LogP contribution in [0.5, 0.6) is 0 Å². The number of piperazine rings is 1. The average Bonchev–Trinajstić information content (AvgIpc) is 2.47. The molecule has 2 aliphatic rings. The van der Waals surface area contributed by atoms with Crippen molar-refractivity contribution in [2.24, 2.45) is 0 Å². The molecule has 2 aliphatic heterocycles. The number of likely N-dealkylation sites (N-methyl/N-ethyl adjacent to an activating group) is 1. The summed E-state index contributed by atoms with van der Waals surface area (Å²) in [6, 6.07) is 0.924. The van der Waals surface area contributed by atoms with E-state index in [0.717, 1.165) is 25.5 Å². The van der Waals surface area contributed by atoms with Crippen LogP contribution in [0, 0.1) is 13.8 Å². The van der Waals surface area contributed by atoms with Gasteiger partial charge in [-0.25, -0.2) is 4.98 Å². The molecule has 0 unspecified atom stereocenters. The first-order chi connectivity index (χ1) is 9.91. The fourth-order valence-electron chi connectivity index (χ4n) is 3.46. The van der Waals surface area contributed by atoms with Gasteiger partial charge >= 0.3 is 0 Å². The van der Waals surface area contributed by atoms with Crippen LogP contribution in [0.4, 0.5) is 11.5 Å². The number of hydrogen-bond acceptors (Lipinski definition) is 4. The first-order valence-corrected chi connectivity index (χ1v) is 7.81. The molecule has 1 saturated heterocycles. The number of hydrogen-bond donors (Lipinski definition) is 0. The summed E-state index contributed by atoms with van der Waals surface area (Å²) in [6.07, 6.45) is 2.00. The van der Waals surface area contributed by atoms with E-state index in [-0.39, 0.29) is 0 Å². The maximum Gasteiger partial charge on any atom is 0.153 e. The van der Waals surface area contributed by atoms with Gasteiger partial charge < -0.3 is 9.80 Å². The number of aryl methyl sites for hydroxylation is 1. The van der Waals surface area contributed by atoms with Crippen LogP contribution in [-0.2, 0) is 0 Å². The maximum absolute atomic E-state index is 4.74. The molecule has 1 aromatic heterocycles. The summed E-state index contributed by atoms with van der Waals surface area (Å²) in [5, 5.41) is 0. The van der Waals surface area contributed by atoms with Gasteiger partial charge in [0.25, 0.3) is 0 Å². The zero-order chi connectivity index (χ0) is 15.3. The van der Waals surface area contributed by atoms with Gasteiger partial charge in [0.15, 0.2) is 5.82 Å². The van der Waals surface area contributed by atoms with Crippen molar-refractivity contribution in [1.29, 1.82) is 0 Å². The van der Waals surface area contributed by atoms with Gasteiger partial charge in [0.1, 0.15) is 0 Å². The Balaban J connectivity index is 2.04. The summed E-state index contributed by atoms with van der Waals surface area (Å²) >= 11 is 0. The first kappa shape index (κ1) is 14.4. The highest BCUT2D eigenvalue weighted by Crippen LogP contribution is 2.41. The van der Waals surface area contributed by atoms with E-state index in [4.69, 9.17) is 4.98 Å². The van der Waals surface area contributed by atoms with E-state index in [2.05, 4.69) is 56.0 Å². The van der Waals surface area contributed by atoms with Gasteiger partial charge in [-0.1, -0.05) is 6.58 Å². The molecule has 3 heterocycles. The minimum Gasteiger partial charge on any atom is -0.344 e. The molecular formula is C17H26N4. The lowest BCUT2D eigenvalue weighted by Crippen LogP contribution is -2.59. The molecule has 0 N–H and O–H groups in total. The van der Waals surface area contributed by atoms with E-state index < -0.39 is 0 Å². The lowest BCUT2D eigenvalue weighted by molar-refractivity contribution is 0.187. The van der Waals surface area contributed by atoms with Crippen LogP contribution in [0.3, 0.4) is 0 Å². The predicted octanol–water partition coefficient (Wildman–Crippen LogP) is 2.56. The van der Waals surface area contributed by atoms with Gasteiger partial charge in [0.05, 0.1) is 11.7 Å². The minimum absolute atomic E-state index is 0.341. The summed E-state index contributed by atoms with van der Waals surface area (Å²) in [5.74, 6) is 1.13. The Morgan fingerprint density at radius 2 is 2.00 bits per heavy atom. The predicted molar refractivity (Wildman–Crippen MR) is 89.1 cm³/mol. The number of fused-ring (bicyclic) bond motifs is 3. The fraction of sp³-hybridized carbons (Fsp3) is 0.588. The lowest BCUT2D eigenvalue weighted by atomic mass is 9.99. The zero-order valence-corrected chi connectivity index (χ0v) is 13.8. The molecule has 0 bridgehead atoms.